The Kier molecular flexibility index (Phi) is 12.1. The van der Waals surface area contributed by atoms with Gasteiger partial charge in [0.25, 0.3) is 5.91 Å². The molecule has 3 aromatic rings. The molecule has 3 N–H and O–H groups in total. The normalized spacial score (nSPS) is 12.8. The molecule has 9 heteroatoms. The fourth-order valence-electron chi connectivity index (χ4n) is 4.69. The standard InChI is InChI=1S/C33H43N3O5S/c1-5-6-7-8-11-20-36(31(39)28(22-42)35-32(40)41-33(2,3)4)29(24-15-18-27(37)19-16-24)30(38)34-26-17-14-23-12-9-10-13-25(23)21-26/h9-10,12-19,21,28-29,37,42H,5-8,11,20,22H2,1-4H3,(H,34,38)(H,35,40). The first-order valence-corrected chi connectivity index (χ1v) is 15.1. The lowest BCUT2D eigenvalue weighted by Crippen LogP contribution is -2.53. The summed E-state index contributed by atoms with van der Waals surface area (Å²) in [5.74, 6) is -0.796. The molecule has 0 aromatic heterocycles. The zero-order valence-corrected chi connectivity index (χ0v) is 25.8. The van der Waals surface area contributed by atoms with Crippen molar-refractivity contribution < 1.29 is 24.2 Å². The monoisotopic (exact) mass is 593 g/mol. The number of amides is 3. The number of hydrogen-bond acceptors (Lipinski definition) is 6. The highest BCUT2D eigenvalue weighted by atomic mass is 32.1. The van der Waals surface area contributed by atoms with Crippen molar-refractivity contribution in [1.29, 1.82) is 0 Å². The molecule has 8 nitrogen and oxygen atoms in total. The van der Waals surface area contributed by atoms with E-state index in [1.165, 1.54) is 17.0 Å². The van der Waals surface area contributed by atoms with E-state index >= 15 is 0 Å². The molecule has 0 fully saturated rings. The highest BCUT2D eigenvalue weighted by Gasteiger charge is 2.35. The van der Waals surface area contributed by atoms with Crippen LogP contribution in [-0.4, -0.2) is 51.9 Å². The van der Waals surface area contributed by atoms with Crippen molar-refractivity contribution in [1.82, 2.24) is 10.2 Å². The Bertz CT molecular complexity index is 1340. The third kappa shape index (κ3) is 9.69. The van der Waals surface area contributed by atoms with Crippen LogP contribution in [-0.2, 0) is 14.3 Å². The van der Waals surface area contributed by atoms with E-state index in [1.54, 1.807) is 32.9 Å². The summed E-state index contributed by atoms with van der Waals surface area (Å²) in [5.41, 5.74) is 0.375. The molecule has 2 unspecified atom stereocenters. The SMILES string of the molecule is CCCCCCCN(C(=O)C(CS)NC(=O)OC(C)(C)C)C(C(=O)Nc1ccc2ccccc2c1)c1ccc(O)cc1. The van der Waals surface area contributed by atoms with Crippen LogP contribution in [0, 0.1) is 0 Å². The second kappa shape index (κ2) is 15.5. The lowest BCUT2D eigenvalue weighted by atomic mass is 10.0. The Morgan fingerprint density at radius 2 is 1.60 bits per heavy atom. The van der Waals surface area contributed by atoms with Gasteiger partial charge in [0.2, 0.25) is 5.91 Å². The van der Waals surface area contributed by atoms with Gasteiger partial charge < -0.3 is 25.4 Å². The van der Waals surface area contributed by atoms with Crippen LogP contribution in [0.2, 0.25) is 0 Å². The summed E-state index contributed by atoms with van der Waals surface area (Å²) in [6, 6.07) is 17.7. The third-order valence-electron chi connectivity index (χ3n) is 6.74. The van der Waals surface area contributed by atoms with E-state index in [2.05, 4.69) is 30.2 Å². The van der Waals surface area contributed by atoms with Crippen LogP contribution in [0.4, 0.5) is 10.5 Å². The van der Waals surface area contributed by atoms with Crippen molar-refractivity contribution in [3.8, 4) is 5.75 Å². The number of alkyl carbamates (subject to hydrolysis) is 1. The maximum absolute atomic E-state index is 14.1. The van der Waals surface area contributed by atoms with Crippen LogP contribution in [0.5, 0.6) is 5.75 Å². The highest BCUT2D eigenvalue weighted by Crippen LogP contribution is 2.28. The first-order valence-electron chi connectivity index (χ1n) is 14.5. The fraction of sp³-hybridized carbons (Fsp3) is 0.424. The lowest BCUT2D eigenvalue weighted by molar-refractivity contribution is -0.140. The molecule has 0 heterocycles. The van der Waals surface area contributed by atoms with E-state index in [9.17, 15) is 19.5 Å². The quantitative estimate of drug-likeness (QED) is 0.128. The molecule has 0 aliphatic rings. The van der Waals surface area contributed by atoms with Gasteiger partial charge >= 0.3 is 6.09 Å². The van der Waals surface area contributed by atoms with Crippen molar-refractivity contribution >= 4 is 47.0 Å². The largest absolute Gasteiger partial charge is 0.508 e. The van der Waals surface area contributed by atoms with Gasteiger partial charge in [0.15, 0.2) is 0 Å². The number of anilines is 1. The molecular formula is C33H43N3O5S. The zero-order valence-electron chi connectivity index (χ0n) is 24.9. The average molecular weight is 594 g/mol. The van der Waals surface area contributed by atoms with E-state index in [4.69, 9.17) is 4.74 Å². The number of carbonyl (C=O) groups is 3. The molecule has 0 spiro atoms. The fourth-order valence-corrected chi connectivity index (χ4v) is 4.94. The maximum atomic E-state index is 14.1. The molecular weight excluding hydrogens is 550 g/mol. The van der Waals surface area contributed by atoms with Crippen LogP contribution in [0.3, 0.4) is 0 Å². The van der Waals surface area contributed by atoms with Gasteiger partial charge in [0, 0.05) is 18.0 Å². The molecule has 2 atom stereocenters. The average Bonchev–Trinajstić information content (AvgIpc) is 2.94. The van der Waals surface area contributed by atoms with E-state index in [0.29, 0.717) is 24.2 Å². The molecule has 0 radical (unpaired) electrons. The van der Waals surface area contributed by atoms with Gasteiger partial charge in [-0.1, -0.05) is 75.1 Å². The zero-order chi connectivity index (χ0) is 30.7. The molecule has 0 bridgehead atoms. The lowest BCUT2D eigenvalue weighted by Gasteiger charge is -2.34. The van der Waals surface area contributed by atoms with Gasteiger partial charge in [0.1, 0.15) is 23.4 Å². The number of phenols is 1. The Morgan fingerprint density at radius 1 is 0.929 bits per heavy atom. The number of carbonyl (C=O) groups excluding carboxylic acids is 3. The second-order valence-electron chi connectivity index (χ2n) is 11.4. The molecule has 0 aliphatic carbocycles. The van der Waals surface area contributed by atoms with Gasteiger partial charge in [0.05, 0.1) is 0 Å². The minimum Gasteiger partial charge on any atom is -0.508 e. The van der Waals surface area contributed by atoms with Gasteiger partial charge in [-0.25, -0.2) is 4.79 Å². The number of fused-ring (bicyclic) bond motifs is 1. The van der Waals surface area contributed by atoms with Crippen molar-refractivity contribution in [3.63, 3.8) is 0 Å². The molecule has 3 aromatic carbocycles. The van der Waals surface area contributed by atoms with Gasteiger partial charge in [-0.2, -0.15) is 12.6 Å². The molecule has 0 aliphatic heterocycles. The first kappa shape index (κ1) is 32.8. The topological polar surface area (TPSA) is 108 Å². The van der Waals surface area contributed by atoms with E-state index in [-0.39, 0.29) is 11.5 Å². The number of rotatable bonds is 13. The highest BCUT2D eigenvalue weighted by molar-refractivity contribution is 7.80. The van der Waals surface area contributed by atoms with Crippen LogP contribution >= 0.6 is 12.6 Å². The maximum Gasteiger partial charge on any atom is 0.408 e. The number of thiol groups is 1. The van der Waals surface area contributed by atoms with Gasteiger partial charge in [-0.3, -0.25) is 9.59 Å². The molecule has 0 saturated heterocycles. The third-order valence-corrected chi connectivity index (χ3v) is 7.11. The predicted molar refractivity (Wildman–Crippen MR) is 171 cm³/mol. The summed E-state index contributed by atoms with van der Waals surface area (Å²) >= 11 is 4.36. The number of hydrogen-bond donors (Lipinski definition) is 4. The minimum atomic E-state index is -1.03. The van der Waals surface area contributed by atoms with Gasteiger partial charge in [-0.15, -0.1) is 0 Å². The Balaban J connectivity index is 1.97. The molecule has 226 valence electrons. The molecule has 3 amide bonds. The number of nitrogens with one attached hydrogen (secondary N) is 2. The smallest absolute Gasteiger partial charge is 0.408 e. The second-order valence-corrected chi connectivity index (χ2v) is 11.7. The Hall–Kier alpha value is -3.72. The molecule has 42 heavy (non-hydrogen) atoms. The van der Waals surface area contributed by atoms with Crippen LogP contribution in [0.25, 0.3) is 10.8 Å². The first-order chi connectivity index (χ1) is 20.0. The number of benzene rings is 3. The van der Waals surface area contributed by atoms with Crippen molar-refractivity contribution in [3.05, 3.63) is 72.3 Å². The van der Waals surface area contributed by atoms with Crippen LogP contribution in [0.15, 0.2) is 66.7 Å². The molecule has 3 rings (SSSR count). The van der Waals surface area contributed by atoms with E-state index in [1.807, 2.05) is 42.5 Å². The summed E-state index contributed by atoms with van der Waals surface area (Å²) in [7, 11) is 0. The number of ether oxygens (including phenoxy) is 1. The molecule has 0 saturated carbocycles. The summed E-state index contributed by atoms with van der Waals surface area (Å²) in [5, 5.41) is 17.6. The van der Waals surface area contributed by atoms with E-state index in [0.717, 1.165) is 36.5 Å². The number of unbranched alkanes of at least 4 members (excludes halogenated alkanes) is 4. The summed E-state index contributed by atoms with van der Waals surface area (Å²) in [4.78, 5) is 42.2. The number of aromatic hydroxyl groups is 1. The van der Waals surface area contributed by atoms with Gasteiger partial charge in [-0.05, 0) is 67.8 Å². The van der Waals surface area contributed by atoms with Crippen molar-refractivity contribution in [2.24, 2.45) is 0 Å². The number of phenolic OH excluding ortho intramolecular Hbond substituents is 1. The predicted octanol–water partition coefficient (Wildman–Crippen LogP) is 6.85. The van der Waals surface area contributed by atoms with Crippen molar-refractivity contribution in [2.75, 3.05) is 17.6 Å². The van der Waals surface area contributed by atoms with Crippen LogP contribution < -0.4 is 10.6 Å². The summed E-state index contributed by atoms with van der Waals surface area (Å²) < 4.78 is 5.38. The van der Waals surface area contributed by atoms with Crippen LogP contribution in [0.1, 0.15) is 71.4 Å². The summed E-state index contributed by atoms with van der Waals surface area (Å²) in [6.07, 6.45) is 4.00. The Morgan fingerprint density at radius 3 is 2.24 bits per heavy atom. The van der Waals surface area contributed by atoms with E-state index < -0.39 is 35.6 Å². The van der Waals surface area contributed by atoms with Crippen molar-refractivity contribution in [2.45, 2.75) is 77.5 Å². The number of nitrogens with zero attached hydrogens (tertiary/aromatic N) is 1. The Labute approximate surface area is 254 Å². The minimum absolute atomic E-state index is 0.0129. The summed E-state index contributed by atoms with van der Waals surface area (Å²) in [6.45, 7) is 7.65.